The Kier molecular flexibility index (Phi) is 3.88. The van der Waals surface area contributed by atoms with Crippen LogP contribution in [0.25, 0.3) is 10.1 Å². The summed E-state index contributed by atoms with van der Waals surface area (Å²) in [5.74, 6) is -0.729. The van der Waals surface area contributed by atoms with Gasteiger partial charge in [-0.25, -0.2) is 4.39 Å². The molecule has 1 aromatic heterocycles. The van der Waals surface area contributed by atoms with Crippen LogP contribution in [-0.4, -0.2) is 36.3 Å². The molecule has 21 heavy (non-hydrogen) atoms. The van der Waals surface area contributed by atoms with Gasteiger partial charge in [0.2, 0.25) is 5.91 Å². The van der Waals surface area contributed by atoms with Crippen LogP contribution in [0.3, 0.4) is 0 Å². The van der Waals surface area contributed by atoms with Crippen molar-refractivity contribution in [1.82, 2.24) is 10.2 Å². The van der Waals surface area contributed by atoms with Crippen LogP contribution >= 0.6 is 11.3 Å². The lowest BCUT2D eigenvalue weighted by Crippen LogP contribution is -2.38. The van der Waals surface area contributed by atoms with Crippen LogP contribution in [-0.2, 0) is 4.79 Å². The van der Waals surface area contributed by atoms with Crippen molar-refractivity contribution in [2.75, 3.05) is 19.6 Å². The van der Waals surface area contributed by atoms with Gasteiger partial charge in [-0.1, -0.05) is 6.07 Å². The third kappa shape index (κ3) is 2.90. The summed E-state index contributed by atoms with van der Waals surface area (Å²) in [4.78, 5) is 26.1. The molecule has 0 saturated carbocycles. The van der Waals surface area contributed by atoms with Crippen LogP contribution in [0.15, 0.2) is 24.3 Å². The van der Waals surface area contributed by atoms with Gasteiger partial charge in [-0.05, 0) is 31.0 Å². The fourth-order valence-electron chi connectivity index (χ4n) is 2.46. The lowest BCUT2D eigenvalue weighted by molar-refractivity contribution is -0.129. The van der Waals surface area contributed by atoms with Gasteiger partial charge in [0, 0.05) is 23.2 Å². The number of fused-ring (bicyclic) bond motifs is 1. The van der Waals surface area contributed by atoms with E-state index < -0.39 is 0 Å². The van der Waals surface area contributed by atoms with Crippen molar-refractivity contribution in [2.45, 2.75) is 12.8 Å². The molecule has 1 fully saturated rings. The molecule has 0 bridgehead atoms. The number of likely N-dealkylation sites (tertiary alicyclic amines) is 1. The summed E-state index contributed by atoms with van der Waals surface area (Å²) in [7, 11) is 0. The number of hydrogen-bond donors (Lipinski definition) is 1. The highest BCUT2D eigenvalue weighted by Crippen LogP contribution is 2.27. The van der Waals surface area contributed by atoms with Gasteiger partial charge < -0.3 is 10.2 Å². The second kappa shape index (κ2) is 5.81. The maximum Gasteiger partial charge on any atom is 0.261 e. The molecule has 0 spiro atoms. The Balaban J connectivity index is 1.66. The number of benzene rings is 1. The molecular weight excluding hydrogens is 291 g/mol. The van der Waals surface area contributed by atoms with Crippen LogP contribution in [0, 0.1) is 5.82 Å². The number of carbonyl (C=O) groups is 2. The minimum atomic E-state index is -0.337. The summed E-state index contributed by atoms with van der Waals surface area (Å²) in [6, 6.07) is 6.29. The van der Waals surface area contributed by atoms with Gasteiger partial charge in [-0.15, -0.1) is 11.3 Å². The van der Waals surface area contributed by atoms with Crippen molar-refractivity contribution < 1.29 is 14.0 Å². The van der Waals surface area contributed by atoms with Crippen molar-refractivity contribution in [3.8, 4) is 0 Å². The predicted molar refractivity (Wildman–Crippen MR) is 79.9 cm³/mol. The molecule has 4 nitrogen and oxygen atoms in total. The molecule has 0 unspecified atom stereocenters. The summed E-state index contributed by atoms with van der Waals surface area (Å²) >= 11 is 1.23. The summed E-state index contributed by atoms with van der Waals surface area (Å²) in [5.41, 5.74) is 0. The summed E-state index contributed by atoms with van der Waals surface area (Å²) in [6.45, 7) is 1.53. The van der Waals surface area contributed by atoms with Gasteiger partial charge >= 0.3 is 0 Å². The normalized spacial score (nSPS) is 14.6. The summed E-state index contributed by atoms with van der Waals surface area (Å²) in [5, 5.41) is 3.06. The molecule has 0 radical (unpaired) electrons. The van der Waals surface area contributed by atoms with Gasteiger partial charge in [0.05, 0.1) is 11.4 Å². The van der Waals surface area contributed by atoms with E-state index in [9.17, 15) is 14.0 Å². The van der Waals surface area contributed by atoms with Gasteiger partial charge in [-0.3, -0.25) is 9.59 Å². The molecule has 0 atom stereocenters. The first-order valence-electron chi connectivity index (χ1n) is 6.89. The minimum Gasteiger partial charge on any atom is -0.342 e. The van der Waals surface area contributed by atoms with E-state index in [1.165, 1.54) is 23.5 Å². The van der Waals surface area contributed by atoms with E-state index in [1.54, 1.807) is 17.0 Å². The highest BCUT2D eigenvalue weighted by Gasteiger charge is 2.19. The van der Waals surface area contributed by atoms with E-state index in [0.717, 1.165) is 30.6 Å². The number of thiophene rings is 1. The summed E-state index contributed by atoms with van der Waals surface area (Å²) < 4.78 is 14.3. The second-order valence-corrected chi connectivity index (χ2v) is 6.12. The Labute approximate surface area is 125 Å². The molecule has 2 aromatic rings. The second-order valence-electron chi connectivity index (χ2n) is 5.03. The Hall–Kier alpha value is -1.95. The van der Waals surface area contributed by atoms with E-state index >= 15 is 0 Å². The molecule has 0 aliphatic carbocycles. The van der Waals surface area contributed by atoms with Gasteiger partial charge in [0.25, 0.3) is 5.91 Å². The number of nitrogens with one attached hydrogen (secondary N) is 1. The number of carbonyl (C=O) groups excluding carboxylic acids is 2. The molecular formula is C15H15FN2O2S. The topological polar surface area (TPSA) is 49.4 Å². The molecule has 1 saturated heterocycles. The summed E-state index contributed by atoms with van der Waals surface area (Å²) in [6.07, 6.45) is 2.05. The Morgan fingerprint density at radius 3 is 2.76 bits per heavy atom. The highest BCUT2D eigenvalue weighted by atomic mass is 32.1. The number of nitrogens with zero attached hydrogens (tertiary/aromatic N) is 1. The van der Waals surface area contributed by atoms with Crippen molar-refractivity contribution in [3.63, 3.8) is 0 Å². The van der Waals surface area contributed by atoms with E-state index in [-0.39, 0.29) is 24.2 Å². The zero-order chi connectivity index (χ0) is 14.8. The van der Waals surface area contributed by atoms with E-state index in [1.807, 2.05) is 0 Å². The molecule has 6 heteroatoms. The maximum atomic E-state index is 13.6. The third-order valence-corrected chi connectivity index (χ3v) is 4.69. The zero-order valence-electron chi connectivity index (χ0n) is 11.4. The van der Waals surface area contributed by atoms with Crippen LogP contribution in [0.5, 0.6) is 0 Å². The first-order chi connectivity index (χ1) is 10.1. The number of hydrogen-bond acceptors (Lipinski definition) is 3. The molecule has 1 aliphatic heterocycles. The van der Waals surface area contributed by atoms with Crippen molar-refractivity contribution in [2.24, 2.45) is 0 Å². The quantitative estimate of drug-likeness (QED) is 0.946. The van der Waals surface area contributed by atoms with Crippen LogP contribution in [0.2, 0.25) is 0 Å². The average molecular weight is 306 g/mol. The fourth-order valence-corrected chi connectivity index (χ4v) is 3.45. The van der Waals surface area contributed by atoms with E-state index in [4.69, 9.17) is 0 Å². The third-order valence-electron chi connectivity index (χ3n) is 3.59. The van der Waals surface area contributed by atoms with Crippen molar-refractivity contribution >= 4 is 33.2 Å². The molecule has 2 heterocycles. The zero-order valence-corrected chi connectivity index (χ0v) is 12.2. The SMILES string of the molecule is O=C(NCC(=O)N1CCCC1)c1cc2c(F)cccc2s1. The molecule has 1 aliphatic rings. The smallest absolute Gasteiger partial charge is 0.261 e. The average Bonchev–Trinajstić information content (AvgIpc) is 3.13. The predicted octanol–water partition coefficient (Wildman–Crippen LogP) is 2.39. The lowest BCUT2D eigenvalue weighted by Gasteiger charge is -2.15. The Bertz CT molecular complexity index is 692. The van der Waals surface area contributed by atoms with Crippen LogP contribution in [0.4, 0.5) is 4.39 Å². The Morgan fingerprint density at radius 1 is 1.29 bits per heavy atom. The van der Waals surface area contributed by atoms with Crippen molar-refractivity contribution in [3.05, 3.63) is 35.0 Å². The van der Waals surface area contributed by atoms with Crippen molar-refractivity contribution in [1.29, 1.82) is 0 Å². The Morgan fingerprint density at radius 2 is 2.05 bits per heavy atom. The van der Waals surface area contributed by atoms with Crippen LogP contribution < -0.4 is 5.32 Å². The number of rotatable bonds is 3. The molecule has 1 aromatic carbocycles. The standard InChI is InChI=1S/C15H15FN2O2S/c16-11-4-3-5-12-10(11)8-13(21-12)15(20)17-9-14(19)18-6-1-2-7-18/h3-5,8H,1-2,6-7,9H2,(H,17,20). The number of amides is 2. The minimum absolute atomic E-state index is 0.00440. The van der Waals surface area contributed by atoms with E-state index in [0.29, 0.717) is 10.3 Å². The van der Waals surface area contributed by atoms with Crippen LogP contribution in [0.1, 0.15) is 22.5 Å². The molecule has 1 N–H and O–H groups in total. The molecule has 3 rings (SSSR count). The fraction of sp³-hybridized carbons (Fsp3) is 0.333. The van der Waals surface area contributed by atoms with Gasteiger partial charge in [0.15, 0.2) is 0 Å². The maximum absolute atomic E-state index is 13.6. The number of halogens is 1. The first-order valence-corrected chi connectivity index (χ1v) is 7.71. The first kappa shape index (κ1) is 14.0. The largest absolute Gasteiger partial charge is 0.342 e. The molecule has 110 valence electrons. The van der Waals surface area contributed by atoms with Gasteiger partial charge in [-0.2, -0.15) is 0 Å². The molecule has 2 amide bonds. The lowest BCUT2D eigenvalue weighted by atomic mass is 10.2. The monoisotopic (exact) mass is 306 g/mol. The van der Waals surface area contributed by atoms with E-state index in [2.05, 4.69) is 5.32 Å². The van der Waals surface area contributed by atoms with Gasteiger partial charge in [0.1, 0.15) is 5.82 Å². The highest BCUT2D eigenvalue weighted by molar-refractivity contribution is 7.20.